The number of oxime groups is 1. The summed E-state index contributed by atoms with van der Waals surface area (Å²) in [6.07, 6.45) is 0. The number of hydrogen-bond acceptors (Lipinski definition) is 6. The van der Waals surface area contributed by atoms with Gasteiger partial charge < -0.3 is 19.7 Å². The number of esters is 1. The van der Waals surface area contributed by atoms with Crippen LogP contribution in [0.2, 0.25) is 0 Å². The average Bonchev–Trinajstić information content (AvgIpc) is 3.27. The molecule has 3 rings (SSSR count). The number of methoxy groups -OCH3 is 1. The zero-order chi connectivity index (χ0) is 20.1. The predicted molar refractivity (Wildman–Crippen MR) is 103 cm³/mol. The monoisotopic (exact) mass is 382 g/mol. The third-order valence-electron chi connectivity index (χ3n) is 4.08. The molecule has 0 aliphatic carbocycles. The zero-order valence-corrected chi connectivity index (χ0v) is 16.0. The highest BCUT2D eigenvalue weighted by atomic mass is 16.6. The van der Waals surface area contributed by atoms with E-state index in [0.717, 1.165) is 22.5 Å². The summed E-state index contributed by atoms with van der Waals surface area (Å²) in [6, 6.07) is 12.9. The number of nitrogens with two attached hydrogens (primary N) is 1. The first-order valence-corrected chi connectivity index (χ1v) is 8.69. The summed E-state index contributed by atoms with van der Waals surface area (Å²) in [5, 5.41) is 8.40. The van der Waals surface area contributed by atoms with Gasteiger partial charge in [-0.05, 0) is 43.7 Å². The number of amidine groups is 1. The predicted octanol–water partition coefficient (Wildman–Crippen LogP) is 2.76. The minimum absolute atomic E-state index is 0.0448. The molecule has 0 bridgehead atoms. The highest BCUT2D eigenvalue weighted by molar-refractivity contribution is 5.97. The van der Waals surface area contributed by atoms with E-state index in [4.69, 9.17) is 15.0 Å². The van der Waals surface area contributed by atoms with Crippen molar-refractivity contribution in [2.24, 2.45) is 10.9 Å². The van der Waals surface area contributed by atoms with Crippen molar-refractivity contribution >= 4 is 11.8 Å². The molecule has 2 N–H and O–H groups in total. The molecule has 0 amide bonds. The number of aromatic nitrogens is 2. The molecule has 1 aromatic carbocycles. The van der Waals surface area contributed by atoms with Gasteiger partial charge in [0.15, 0.2) is 12.4 Å². The van der Waals surface area contributed by atoms with Crippen LogP contribution in [0.5, 0.6) is 0 Å². The molecule has 0 saturated carbocycles. The SMILES string of the molecule is COC(=O)c1ccc(CO/N=C(/N)c2cccc(Cn3nc(C)cc3C)c2)o1. The van der Waals surface area contributed by atoms with E-state index in [-0.39, 0.29) is 18.2 Å². The highest BCUT2D eigenvalue weighted by Crippen LogP contribution is 2.12. The van der Waals surface area contributed by atoms with Crippen LogP contribution in [0.25, 0.3) is 0 Å². The third kappa shape index (κ3) is 4.59. The Balaban J connectivity index is 1.63. The normalized spacial score (nSPS) is 11.5. The lowest BCUT2D eigenvalue weighted by Gasteiger charge is -2.07. The lowest BCUT2D eigenvalue weighted by Crippen LogP contribution is -2.14. The molecule has 0 aliphatic heterocycles. The Bertz CT molecular complexity index is 1000. The van der Waals surface area contributed by atoms with E-state index in [0.29, 0.717) is 12.3 Å². The molecule has 8 nitrogen and oxygen atoms in total. The second-order valence-electron chi connectivity index (χ2n) is 6.29. The average molecular weight is 382 g/mol. The topological polar surface area (TPSA) is 105 Å². The van der Waals surface area contributed by atoms with Crippen molar-refractivity contribution in [2.75, 3.05) is 7.11 Å². The fourth-order valence-electron chi connectivity index (χ4n) is 2.72. The number of nitrogens with zero attached hydrogens (tertiary/aromatic N) is 3. The largest absolute Gasteiger partial charge is 0.463 e. The Hall–Kier alpha value is -3.55. The lowest BCUT2D eigenvalue weighted by atomic mass is 10.1. The number of carbonyl (C=O) groups excluding carboxylic acids is 1. The van der Waals surface area contributed by atoms with Gasteiger partial charge in [0.05, 0.1) is 19.3 Å². The Morgan fingerprint density at radius 3 is 2.79 bits per heavy atom. The number of hydrogen-bond donors (Lipinski definition) is 1. The number of furan rings is 1. The smallest absolute Gasteiger partial charge is 0.373 e. The molecule has 0 radical (unpaired) electrons. The Morgan fingerprint density at radius 2 is 2.07 bits per heavy atom. The first kappa shape index (κ1) is 19.2. The van der Waals surface area contributed by atoms with Gasteiger partial charge in [-0.1, -0.05) is 23.4 Å². The summed E-state index contributed by atoms with van der Waals surface area (Å²) in [5.41, 5.74) is 9.90. The summed E-state index contributed by atoms with van der Waals surface area (Å²) in [4.78, 5) is 16.6. The van der Waals surface area contributed by atoms with Crippen LogP contribution in [0.3, 0.4) is 0 Å². The molecule has 0 aliphatic rings. The molecular formula is C20H22N4O4. The van der Waals surface area contributed by atoms with Crippen LogP contribution >= 0.6 is 0 Å². The fourth-order valence-corrected chi connectivity index (χ4v) is 2.72. The van der Waals surface area contributed by atoms with Gasteiger partial charge in [0.25, 0.3) is 0 Å². The molecule has 0 saturated heterocycles. The van der Waals surface area contributed by atoms with Gasteiger partial charge in [0.2, 0.25) is 5.76 Å². The standard InChI is InChI=1S/C20H22N4O4/c1-13-9-14(2)24(22-13)11-15-5-4-6-16(10-15)19(21)23-27-12-17-7-8-18(28-17)20(25)26-3/h4-10H,11-12H2,1-3H3,(H2,21,23). The van der Waals surface area contributed by atoms with E-state index in [1.807, 2.05) is 48.9 Å². The zero-order valence-electron chi connectivity index (χ0n) is 16.0. The van der Waals surface area contributed by atoms with Crippen molar-refractivity contribution in [1.29, 1.82) is 0 Å². The fraction of sp³-hybridized carbons (Fsp3) is 0.250. The summed E-state index contributed by atoms with van der Waals surface area (Å²) < 4.78 is 11.8. The van der Waals surface area contributed by atoms with E-state index >= 15 is 0 Å². The van der Waals surface area contributed by atoms with Crippen LogP contribution in [0, 0.1) is 13.8 Å². The maximum atomic E-state index is 11.4. The number of benzene rings is 1. The minimum atomic E-state index is -0.548. The van der Waals surface area contributed by atoms with E-state index in [2.05, 4.69) is 15.0 Å². The van der Waals surface area contributed by atoms with Gasteiger partial charge in [0.1, 0.15) is 5.76 Å². The summed E-state index contributed by atoms with van der Waals surface area (Å²) >= 11 is 0. The van der Waals surface area contributed by atoms with Crippen molar-refractivity contribution in [2.45, 2.75) is 27.0 Å². The van der Waals surface area contributed by atoms with Crippen LogP contribution in [0.4, 0.5) is 0 Å². The van der Waals surface area contributed by atoms with Crippen LogP contribution in [-0.4, -0.2) is 28.7 Å². The van der Waals surface area contributed by atoms with Gasteiger partial charge >= 0.3 is 5.97 Å². The van der Waals surface area contributed by atoms with Crippen molar-refractivity contribution in [3.05, 3.63) is 76.5 Å². The summed E-state index contributed by atoms with van der Waals surface area (Å²) in [7, 11) is 1.29. The maximum absolute atomic E-state index is 11.4. The lowest BCUT2D eigenvalue weighted by molar-refractivity contribution is 0.0553. The molecule has 0 fully saturated rings. The first-order valence-electron chi connectivity index (χ1n) is 8.69. The molecule has 146 valence electrons. The van der Waals surface area contributed by atoms with Crippen molar-refractivity contribution in [3.63, 3.8) is 0 Å². The van der Waals surface area contributed by atoms with E-state index in [1.54, 1.807) is 6.07 Å². The number of carbonyl (C=O) groups is 1. The Kier molecular flexibility index (Phi) is 5.78. The van der Waals surface area contributed by atoms with Crippen molar-refractivity contribution in [1.82, 2.24) is 9.78 Å². The molecule has 2 aromatic heterocycles. The van der Waals surface area contributed by atoms with Gasteiger partial charge in [0, 0.05) is 11.3 Å². The van der Waals surface area contributed by atoms with Gasteiger partial charge in [-0.3, -0.25) is 4.68 Å². The Labute approximate surface area is 162 Å². The molecule has 3 aromatic rings. The maximum Gasteiger partial charge on any atom is 0.373 e. The van der Waals surface area contributed by atoms with Crippen LogP contribution in [0.15, 0.2) is 52.0 Å². The molecule has 0 spiro atoms. The van der Waals surface area contributed by atoms with Gasteiger partial charge in [-0.2, -0.15) is 5.10 Å². The number of ether oxygens (including phenoxy) is 1. The highest BCUT2D eigenvalue weighted by Gasteiger charge is 2.11. The summed E-state index contributed by atoms with van der Waals surface area (Å²) in [5.74, 6) is 0.244. The third-order valence-corrected chi connectivity index (χ3v) is 4.08. The van der Waals surface area contributed by atoms with E-state index in [9.17, 15) is 4.79 Å². The number of rotatable bonds is 7. The van der Waals surface area contributed by atoms with Crippen LogP contribution in [-0.2, 0) is 22.7 Å². The second kappa shape index (κ2) is 8.43. The van der Waals surface area contributed by atoms with E-state index < -0.39 is 5.97 Å². The van der Waals surface area contributed by atoms with E-state index in [1.165, 1.54) is 13.2 Å². The summed E-state index contributed by atoms with van der Waals surface area (Å²) in [6.45, 7) is 4.68. The Morgan fingerprint density at radius 1 is 1.25 bits per heavy atom. The van der Waals surface area contributed by atoms with Crippen molar-refractivity contribution in [3.8, 4) is 0 Å². The van der Waals surface area contributed by atoms with Gasteiger partial charge in [-0.25, -0.2) is 4.79 Å². The van der Waals surface area contributed by atoms with Crippen molar-refractivity contribution < 1.29 is 18.8 Å². The minimum Gasteiger partial charge on any atom is -0.463 e. The van der Waals surface area contributed by atoms with Crippen LogP contribution in [0.1, 0.15) is 38.8 Å². The quantitative estimate of drug-likeness (QED) is 0.292. The molecule has 2 heterocycles. The molecule has 0 atom stereocenters. The number of aryl methyl sites for hydroxylation is 2. The first-order chi connectivity index (χ1) is 13.5. The second-order valence-corrected chi connectivity index (χ2v) is 6.29. The molecule has 0 unspecified atom stereocenters. The molecule has 8 heteroatoms. The molecular weight excluding hydrogens is 360 g/mol. The van der Waals surface area contributed by atoms with Gasteiger partial charge in [-0.15, -0.1) is 0 Å². The molecule has 28 heavy (non-hydrogen) atoms. The van der Waals surface area contributed by atoms with Crippen LogP contribution < -0.4 is 5.73 Å².